The Labute approximate surface area is 167 Å². The molecule has 0 aliphatic carbocycles. The standard InChI is InChI=1S/C20H19ClFNO4S/c1-13-16(9-7-14-5-3-4-6-19(14)28(21,25)26)17-11-15(22)8-10-18(17)23(13)12-20(24)27-2/h3-6,8,10-11H,7,9,12H2,1-2H3. The number of hydrogen-bond acceptors (Lipinski definition) is 4. The third-order valence-electron chi connectivity index (χ3n) is 4.81. The van der Waals surface area contributed by atoms with Gasteiger partial charge in [-0.15, -0.1) is 0 Å². The highest BCUT2D eigenvalue weighted by Crippen LogP contribution is 2.29. The van der Waals surface area contributed by atoms with Crippen molar-refractivity contribution in [1.82, 2.24) is 4.57 Å². The number of benzene rings is 2. The number of rotatable bonds is 6. The average Bonchev–Trinajstić information content (AvgIpc) is 2.90. The predicted octanol–water partition coefficient (Wildman–Crippen LogP) is 3.97. The molecule has 0 aliphatic rings. The molecule has 5 nitrogen and oxygen atoms in total. The highest BCUT2D eigenvalue weighted by atomic mass is 35.7. The molecule has 3 aromatic rings. The highest BCUT2D eigenvalue weighted by molar-refractivity contribution is 8.13. The van der Waals surface area contributed by atoms with Crippen LogP contribution in [0.4, 0.5) is 4.39 Å². The Balaban J connectivity index is 2.04. The molecule has 1 heterocycles. The number of nitrogens with zero attached hydrogens (tertiary/aromatic N) is 1. The van der Waals surface area contributed by atoms with Crippen molar-refractivity contribution in [2.45, 2.75) is 31.2 Å². The smallest absolute Gasteiger partial charge is 0.325 e. The Morgan fingerprint density at radius 1 is 1.18 bits per heavy atom. The maximum Gasteiger partial charge on any atom is 0.325 e. The second-order valence-electron chi connectivity index (χ2n) is 6.43. The minimum absolute atomic E-state index is 0.0110. The number of aromatic nitrogens is 1. The molecule has 0 N–H and O–H groups in total. The van der Waals surface area contributed by atoms with Crippen molar-refractivity contribution in [2.24, 2.45) is 0 Å². The molecule has 0 saturated carbocycles. The van der Waals surface area contributed by atoms with Gasteiger partial charge in [0.05, 0.1) is 12.0 Å². The molecule has 0 aliphatic heterocycles. The summed E-state index contributed by atoms with van der Waals surface area (Å²) in [4.78, 5) is 11.9. The van der Waals surface area contributed by atoms with Crippen LogP contribution in [0.15, 0.2) is 47.4 Å². The van der Waals surface area contributed by atoms with Gasteiger partial charge in [-0.2, -0.15) is 0 Å². The van der Waals surface area contributed by atoms with E-state index in [4.69, 9.17) is 15.4 Å². The maximum atomic E-state index is 13.9. The van der Waals surface area contributed by atoms with Gasteiger partial charge in [0.25, 0.3) is 9.05 Å². The number of carbonyl (C=O) groups is 1. The summed E-state index contributed by atoms with van der Waals surface area (Å²) in [7, 11) is 2.98. The van der Waals surface area contributed by atoms with Crippen LogP contribution in [0.3, 0.4) is 0 Å². The quantitative estimate of drug-likeness (QED) is 0.444. The fraction of sp³-hybridized carbons (Fsp3) is 0.250. The number of ether oxygens (including phenoxy) is 1. The molecule has 0 fully saturated rings. The zero-order valence-electron chi connectivity index (χ0n) is 15.4. The van der Waals surface area contributed by atoms with Gasteiger partial charge in [-0.1, -0.05) is 18.2 Å². The van der Waals surface area contributed by atoms with Crippen LogP contribution in [0.2, 0.25) is 0 Å². The predicted molar refractivity (Wildman–Crippen MR) is 106 cm³/mol. The summed E-state index contributed by atoms with van der Waals surface area (Å²) in [6, 6.07) is 10.9. The minimum atomic E-state index is -3.87. The van der Waals surface area contributed by atoms with E-state index >= 15 is 0 Å². The largest absolute Gasteiger partial charge is 0.468 e. The molecule has 1 aromatic heterocycles. The first-order valence-electron chi connectivity index (χ1n) is 8.59. The van der Waals surface area contributed by atoms with Crippen LogP contribution in [-0.2, 0) is 38.0 Å². The Morgan fingerprint density at radius 3 is 2.57 bits per heavy atom. The Bertz CT molecular complexity index is 1150. The molecular weight excluding hydrogens is 405 g/mol. The number of aryl methyl sites for hydroxylation is 2. The van der Waals surface area contributed by atoms with E-state index in [0.29, 0.717) is 23.8 Å². The van der Waals surface area contributed by atoms with Crippen LogP contribution in [-0.4, -0.2) is 26.1 Å². The molecule has 0 bridgehead atoms. The van der Waals surface area contributed by atoms with Crippen LogP contribution in [0.1, 0.15) is 16.8 Å². The molecule has 148 valence electrons. The molecule has 0 spiro atoms. The van der Waals surface area contributed by atoms with Gasteiger partial charge in [0.2, 0.25) is 0 Å². The third kappa shape index (κ3) is 4.05. The third-order valence-corrected chi connectivity index (χ3v) is 6.23. The Kier molecular flexibility index (Phi) is 5.76. The van der Waals surface area contributed by atoms with Gasteiger partial charge in [-0.05, 0) is 55.2 Å². The molecule has 0 saturated heterocycles. The lowest BCUT2D eigenvalue weighted by molar-refractivity contribution is -0.141. The summed E-state index contributed by atoms with van der Waals surface area (Å²) in [5.74, 6) is -0.790. The number of carbonyl (C=O) groups excluding carboxylic acids is 1. The summed E-state index contributed by atoms with van der Waals surface area (Å²) in [5, 5.41) is 0.688. The van der Waals surface area contributed by atoms with E-state index in [1.165, 1.54) is 25.3 Å². The molecule has 2 aromatic carbocycles. The van der Waals surface area contributed by atoms with Crippen molar-refractivity contribution >= 4 is 36.6 Å². The van der Waals surface area contributed by atoms with E-state index in [1.54, 1.807) is 28.8 Å². The van der Waals surface area contributed by atoms with E-state index in [9.17, 15) is 17.6 Å². The van der Waals surface area contributed by atoms with E-state index in [2.05, 4.69) is 0 Å². The molecular formula is C20H19ClFNO4S. The van der Waals surface area contributed by atoms with Crippen molar-refractivity contribution in [3.63, 3.8) is 0 Å². The highest BCUT2D eigenvalue weighted by Gasteiger charge is 2.19. The summed E-state index contributed by atoms with van der Waals surface area (Å²) in [6.07, 6.45) is 0.861. The molecule has 0 amide bonds. The second kappa shape index (κ2) is 7.93. The molecule has 3 rings (SSSR count). The lowest BCUT2D eigenvalue weighted by Crippen LogP contribution is -2.12. The first-order chi connectivity index (χ1) is 13.2. The lowest BCUT2D eigenvalue weighted by Gasteiger charge is -2.09. The van der Waals surface area contributed by atoms with Crippen molar-refractivity contribution in [3.05, 3.63) is 65.1 Å². The van der Waals surface area contributed by atoms with E-state index < -0.39 is 15.0 Å². The fourth-order valence-corrected chi connectivity index (χ4v) is 4.62. The summed E-state index contributed by atoms with van der Waals surface area (Å²) >= 11 is 0. The molecule has 28 heavy (non-hydrogen) atoms. The Morgan fingerprint density at radius 2 is 1.89 bits per heavy atom. The number of methoxy groups -OCH3 is 1. The second-order valence-corrected chi connectivity index (χ2v) is 8.97. The summed E-state index contributed by atoms with van der Waals surface area (Å²) in [6.45, 7) is 1.86. The van der Waals surface area contributed by atoms with Crippen LogP contribution in [0.25, 0.3) is 10.9 Å². The van der Waals surface area contributed by atoms with E-state index in [-0.39, 0.29) is 17.3 Å². The number of esters is 1. The molecule has 0 atom stereocenters. The fourth-order valence-electron chi connectivity index (χ4n) is 3.44. The molecule has 0 unspecified atom stereocenters. The van der Waals surface area contributed by atoms with Crippen LogP contribution >= 0.6 is 10.7 Å². The monoisotopic (exact) mass is 423 g/mol. The number of hydrogen-bond donors (Lipinski definition) is 0. The zero-order chi connectivity index (χ0) is 20.5. The average molecular weight is 424 g/mol. The summed E-state index contributed by atoms with van der Waals surface area (Å²) in [5.41, 5.74) is 2.96. The van der Waals surface area contributed by atoms with Gasteiger partial charge < -0.3 is 9.30 Å². The van der Waals surface area contributed by atoms with Gasteiger partial charge in [0.1, 0.15) is 12.4 Å². The van der Waals surface area contributed by atoms with Crippen LogP contribution < -0.4 is 0 Å². The van der Waals surface area contributed by atoms with Gasteiger partial charge >= 0.3 is 5.97 Å². The van der Waals surface area contributed by atoms with Gasteiger partial charge in [0.15, 0.2) is 0 Å². The first-order valence-corrected chi connectivity index (χ1v) is 10.9. The van der Waals surface area contributed by atoms with Crippen molar-refractivity contribution in [1.29, 1.82) is 0 Å². The zero-order valence-corrected chi connectivity index (χ0v) is 17.0. The SMILES string of the molecule is COC(=O)Cn1c(C)c(CCc2ccccc2S(=O)(=O)Cl)c2cc(F)ccc21. The van der Waals surface area contributed by atoms with Gasteiger partial charge in [0, 0.05) is 27.3 Å². The normalized spacial score (nSPS) is 11.7. The molecule has 0 radical (unpaired) electrons. The lowest BCUT2D eigenvalue weighted by atomic mass is 10.0. The number of halogens is 2. The van der Waals surface area contributed by atoms with Gasteiger partial charge in [-0.3, -0.25) is 4.79 Å². The first kappa shape index (κ1) is 20.4. The minimum Gasteiger partial charge on any atom is -0.468 e. The number of fused-ring (bicyclic) bond motifs is 1. The van der Waals surface area contributed by atoms with Crippen molar-refractivity contribution in [2.75, 3.05) is 7.11 Å². The van der Waals surface area contributed by atoms with Crippen molar-refractivity contribution in [3.8, 4) is 0 Å². The van der Waals surface area contributed by atoms with E-state index in [1.807, 2.05) is 6.92 Å². The Hall–Kier alpha value is -2.38. The topological polar surface area (TPSA) is 65.4 Å². The van der Waals surface area contributed by atoms with Crippen molar-refractivity contribution < 1.29 is 22.3 Å². The van der Waals surface area contributed by atoms with E-state index in [0.717, 1.165) is 16.8 Å². The van der Waals surface area contributed by atoms with Gasteiger partial charge in [-0.25, -0.2) is 12.8 Å². The van der Waals surface area contributed by atoms with Crippen LogP contribution in [0.5, 0.6) is 0 Å². The maximum absolute atomic E-state index is 13.9. The summed E-state index contributed by atoms with van der Waals surface area (Å²) < 4.78 is 44.0. The van der Waals surface area contributed by atoms with Crippen LogP contribution in [0, 0.1) is 12.7 Å². The molecule has 8 heteroatoms.